The first-order valence-electron chi connectivity index (χ1n) is 8.38. The summed E-state index contributed by atoms with van der Waals surface area (Å²) in [5.74, 6) is 3.81. The van der Waals surface area contributed by atoms with Crippen molar-refractivity contribution in [2.45, 2.75) is 11.8 Å². The lowest BCUT2D eigenvalue weighted by molar-refractivity contribution is 0.676. The van der Waals surface area contributed by atoms with Crippen molar-refractivity contribution in [1.82, 2.24) is 14.7 Å². The van der Waals surface area contributed by atoms with Gasteiger partial charge in [-0.3, -0.25) is 0 Å². The van der Waals surface area contributed by atoms with E-state index < -0.39 is 8.68 Å². The van der Waals surface area contributed by atoms with Crippen LogP contribution in [0.3, 0.4) is 0 Å². The highest BCUT2D eigenvalue weighted by atomic mass is 32.8. The van der Waals surface area contributed by atoms with Crippen LogP contribution < -0.4 is 15.4 Å². The second-order valence-electron chi connectivity index (χ2n) is 5.95. The SMILES string of the molecule is C#Cc1cccc(Nc2cc(Nc3cc(S(=O)(=S)NC)ccc3C)ncn2)c1. The largest absolute Gasteiger partial charge is 0.340 e. The number of hydrogen-bond donors (Lipinski definition) is 3. The number of nitrogens with zero attached hydrogens (tertiary/aromatic N) is 2. The Bertz CT molecular complexity index is 1150. The molecular formula is C20H19N5OS2. The Balaban J connectivity index is 1.85. The third-order valence-corrected chi connectivity index (χ3v) is 6.51. The molecule has 0 aliphatic heterocycles. The van der Waals surface area contributed by atoms with E-state index in [4.69, 9.17) is 17.6 Å². The quantitative estimate of drug-likeness (QED) is 0.541. The van der Waals surface area contributed by atoms with E-state index in [2.05, 4.69) is 31.2 Å². The monoisotopic (exact) mass is 409 g/mol. The Morgan fingerprint density at radius 3 is 2.54 bits per heavy atom. The molecule has 0 fully saturated rings. The summed E-state index contributed by atoms with van der Waals surface area (Å²) in [7, 11) is -1.12. The molecule has 1 atom stereocenters. The van der Waals surface area contributed by atoms with E-state index in [1.807, 2.05) is 37.3 Å². The van der Waals surface area contributed by atoms with Crippen molar-refractivity contribution in [1.29, 1.82) is 0 Å². The second kappa shape index (κ2) is 8.35. The Labute approximate surface area is 169 Å². The molecule has 6 nitrogen and oxygen atoms in total. The van der Waals surface area contributed by atoms with Gasteiger partial charge in [0, 0.05) is 34.2 Å². The summed E-state index contributed by atoms with van der Waals surface area (Å²) in [5.41, 5.74) is 3.35. The molecule has 0 radical (unpaired) electrons. The van der Waals surface area contributed by atoms with Crippen LogP contribution in [0.15, 0.2) is 59.8 Å². The predicted molar refractivity (Wildman–Crippen MR) is 117 cm³/mol. The number of rotatable bonds is 6. The zero-order chi connectivity index (χ0) is 20.1. The average Bonchev–Trinajstić information content (AvgIpc) is 2.70. The van der Waals surface area contributed by atoms with Gasteiger partial charge < -0.3 is 10.6 Å². The minimum absolute atomic E-state index is 0.539. The molecule has 0 amide bonds. The molecule has 28 heavy (non-hydrogen) atoms. The molecule has 0 bridgehead atoms. The lowest BCUT2D eigenvalue weighted by atomic mass is 10.2. The summed E-state index contributed by atoms with van der Waals surface area (Å²) in [4.78, 5) is 9.03. The van der Waals surface area contributed by atoms with E-state index >= 15 is 0 Å². The van der Waals surface area contributed by atoms with Crippen molar-refractivity contribution >= 4 is 42.9 Å². The van der Waals surface area contributed by atoms with Gasteiger partial charge in [0.05, 0.1) is 4.90 Å². The van der Waals surface area contributed by atoms with Gasteiger partial charge >= 0.3 is 0 Å². The van der Waals surface area contributed by atoms with Gasteiger partial charge in [0.15, 0.2) is 0 Å². The number of aromatic nitrogens is 2. The first kappa shape index (κ1) is 19.8. The van der Waals surface area contributed by atoms with E-state index in [1.54, 1.807) is 25.2 Å². The summed E-state index contributed by atoms with van der Waals surface area (Å²) >= 11 is 5.13. The van der Waals surface area contributed by atoms with Gasteiger partial charge in [0.1, 0.15) is 26.6 Å². The fraction of sp³-hybridized carbons (Fsp3) is 0.100. The van der Waals surface area contributed by atoms with E-state index in [9.17, 15) is 4.21 Å². The number of anilines is 4. The highest BCUT2D eigenvalue weighted by Gasteiger charge is 2.10. The van der Waals surface area contributed by atoms with Crippen LogP contribution in [-0.2, 0) is 19.9 Å². The molecule has 3 N–H and O–H groups in total. The number of benzene rings is 2. The van der Waals surface area contributed by atoms with Gasteiger partial charge in [-0.15, -0.1) is 6.42 Å². The topological polar surface area (TPSA) is 78.9 Å². The second-order valence-corrected chi connectivity index (χ2v) is 9.24. The van der Waals surface area contributed by atoms with E-state index in [1.165, 1.54) is 6.33 Å². The molecule has 142 valence electrons. The molecule has 3 aromatic rings. The van der Waals surface area contributed by atoms with Crippen LogP contribution in [0, 0.1) is 19.3 Å². The van der Waals surface area contributed by atoms with Gasteiger partial charge in [-0.1, -0.05) is 18.1 Å². The summed E-state index contributed by atoms with van der Waals surface area (Å²) < 4.78 is 15.1. The van der Waals surface area contributed by atoms with Crippen LogP contribution in [-0.4, -0.2) is 21.2 Å². The maximum atomic E-state index is 12.4. The standard InChI is InChI=1S/C20H19N5OS2/c1-4-15-6-5-7-16(10-15)24-19-12-20(23-13-22-19)25-18-11-17(9-8-14(18)2)28(26,27)21-3/h1,5-13,21H,2-3H3,(H2,22,23,24,25). The highest BCUT2D eigenvalue weighted by molar-refractivity contribution is 8.31. The van der Waals surface area contributed by atoms with E-state index in [0.29, 0.717) is 16.5 Å². The fourth-order valence-electron chi connectivity index (χ4n) is 2.49. The van der Waals surface area contributed by atoms with Gasteiger partial charge in [0.25, 0.3) is 0 Å². The van der Waals surface area contributed by atoms with Crippen LogP contribution in [0.25, 0.3) is 0 Å². The van der Waals surface area contributed by atoms with Gasteiger partial charge in [-0.2, -0.15) is 0 Å². The maximum absolute atomic E-state index is 12.4. The maximum Gasteiger partial charge on any atom is 0.135 e. The molecular weight excluding hydrogens is 390 g/mol. The average molecular weight is 410 g/mol. The molecule has 0 spiro atoms. The lowest BCUT2D eigenvalue weighted by Crippen LogP contribution is -2.17. The Morgan fingerprint density at radius 1 is 1.07 bits per heavy atom. The number of terminal acetylenes is 1. The first-order chi connectivity index (χ1) is 13.4. The van der Waals surface area contributed by atoms with E-state index in [0.717, 1.165) is 22.5 Å². The zero-order valence-electron chi connectivity index (χ0n) is 15.4. The van der Waals surface area contributed by atoms with Crippen LogP contribution in [0.2, 0.25) is 0 Å². The smallest absolute Gasteiger partial charge is 0.135 e. The van der Waals surface area contributed by atoms with E-state index in [-0.39, 0.29) is 0 Å². The molecule has 1 unspecified atom stereocenters. The van der Waals surface area contributed by atoms with Crippen molar-refractivity contribution in [3.63, 3.8) is 0 Å². The van der Waals surface area contributed by atoms with Crippen LogP contribution in [0.5, 0.6) is 0 Å². The molecule has 0 aliphatic carbocycles. The molecule has 2 aromatic carbocycles. The molecule has 0 saturated carbocycles. The van der Waals surface area contributed by atoms with Gasteiger partial charge in [0.2, 0.25) is 0 Å². The molecule has 8 heteroatoms. The van der Waals surface area contributed by atoms with Gasteiger partial charge in [-0.05, 0) is 49.9 Å². The number of hydrogen-bond acceptors (Lipinski definition) is 6. The van der Waals surface area contributed by atoms with Crippen molar-refractivity contribution < 1.29 is 4.21 Å². The third kappa shape index (κ3) is 4.64. The Morgan fingerprint density at radius 2 is 1.82 bits per heavy atom. The summed E-state index contributed by atoms with van der Waals surface area (Å²) in [5, 5.41) is 6.44. The summed E-state index contributed by atoms with van der Waals surface area (Å²) in [6, 6.07) is 14.7. The number of aryl methyl sites for hydroxylation is 1. The summed E-state index contributed by atoms with van der Waals surface area (Å²) in [6.45, 7) is 1.95. The minimum Gasteiger partial charge on any atom is -0.340 e. The van der Waals surface area contributed by atoms with Gasteiger partial charge in [-0.25, -0.2) is 18.9 Å². The van der Waals surface area contributed by atoms with Crippen LogP contribution in [0.1, 0.15) is 11.1 Å². The molecule has 1 aromatic heterocycles. The molecule has 3 rings (SSSR count). The molecule has 0 saturated heterocycles. The normalized spacial score (nSPS) is 12.6. The van der Waals surface area contributed by atoms with Crippen LogP contribution in [0.4, 0.5) is 23.0 Å². The van der Waals surface area contributed by atoms with Crippen molar-refractivity contribution in [3.8, 4) is 12.3 Å². The molecule has 1 heterocycles. The Hall–Kier alpha value is -2.99. The van der Waals surface area contributed by atoms with Crippen molar-refractivity contribution in [3.05, 3.63) is 66.0 Å². The Kier molecular flexibility index (Phi) is 5.90. The lowest BCUT2D eigenvalue weighted by Gasteiger charge is -2.13. The highest BCUT2D eigenvalue weighted by Crippen LogP contribution is 2.24. The summed E-state index contributed by atoms with van der Waals surface area (Å²) in [6.07, 6.45) is 6.90. The zero-order valence-corrected chi connectivity index (χ0v) is 17.0. The number of nitrogens with one attached hydrogen (secondary N) is 3. The fourth-order valence-corrected chi connectivity index (χ4v) is 3.55. The van der Waals surface area contributed by atoms with Crippen LogP contribution >= 0.6 is 0 Å². The first-order valence-corrected chi connectivity index (χ1v) is 10.9. The minimum atomic E-state index is -2.70. The predicted octanol–water partition coefficient (Wildman–Crippen LogP) is 3.49. The van der Waals surface area contributed by atoms with Crippen molar-refractivity contribution in [2.24, 2.45) is 0 Å². The molecule has 0 aliphatic rings. The third-order valence-electron chi connectivity index (χ3n) is 4.02. The van der Waals surface area contributed by atoms with Crippen molar-refractivity contribution in [2.75, 3.05) is 17.7 Å².